The van der Waals surface area contributed by atoms with E-state index < -0.39 is 0 Å². The van der Waals surface area contributed by atoms with Crippen molar-refractivity contribution in [2.75, 3.05) is 12.9 Å². The zero-order valence-corrected chi connectivity index (χ0v) is 10.3. The standard InChI is InChI=1S/C12H16ClN3/c1-8-15-11-4-3-9(7-12(11)16-8)10(14-2)5-6-13/h3-4,7,10,14H,5-6H2,1-2H3,(H,15,16). The lowest BCUT2D eigenvalue weighted by atomic mass is 10.0. The van der Waals surface area contributed by atoms with Gasteiger partial charge in [-0.05, 0) is 38.1 Å². The fourth-order valence-electron chi connectivity index (χ4n) is 1.96. The molecule has 0 spiro atoms. The molecule has 0 saturated carbocycles. The van der Waals surface area contributed by atoms with E-state index in [1.54, 1.807) is 0 Å². The number of fused-ring (bicyclic) bond motifs is 1. The predicted octanol–water partition coefficient (Wildman–Crippen LogP) is 2.76. The number of nitrogens with one attached hydrogen (secondary N) is 2. The Bertz CT molecular complexity index is 478. The summed E-state index contributed by atoms with van der Waals surface area (Å²) >= 11 is 5.79. The third kappa shape index (κ3) is 2.20. The molecule has 4 heteroatoms. The van der Waals surface area contributed by atoms with E-state index in [1.807, 2.05) is 20.0 Å². The molecule has 0 saturated heterocycles. The molecule has 1 heterocycles. The van der Waals surface area contributed by atoms with Crippen LogP contribution in [0.5, 0.6) is 0 Å². The predicted molar refractivity (Wildman–Crippen MR) is 68.0 cm³/mol. The fourth-order valence-corrected chi connectivity index (χ4v) is 2.18. The number of halogens is 1. The van der Waals surface area contributed by atoms with E-state index in [0.717, 1.165) is 23.3 Å². The number of alkyl halides is 1. The SMILES string of the molecule is CNC(CCCl)c1ccc2nc(C)[nH]c2c1. The van der Waals surface area contributed by atoms with E-state index in [-0.39, 0.29) is 0 Å². The highest BCUT2D eigenvalue weighted by Gasteiger charge is 2.09. The maximum atomic E-state index is 5.79. The molecule has 1 atom stereocenters. The van der Waals surface area contributed by atoms with Crippen LogP contribution in [0.25, 0.3) is 11.0 Å². The van der Waals surface area contributed by atoms with Crippen LogP contribution >= 0.6 is 11.6 Å². The molecule has 1 aromatic carbocycles. The molecule has 1 aromatic heterocycles. The Morgan fingerprint density at radius 3 is 3.00 bits per heavy atom. The van der Waals surface area contributed by atoms with Crippen molar-refractivity contribution < 1.29 is 0 Å². The van der Waals surface area contributed by atoms with E-state index >= 15 is 0 Å². The zero-order valence-electron chi connectivity index (χ0n) is 9.55. The average molecular weight is 238 g/mol. The van der Waals surface area contributed by atoms with Gasteiger partial charge in [-0.15, -0.1) is 11.6 Å². The van der Waals surface area contributed by atoms with Crippen LogP contribution < -0.4 is 5.32 Å². The van der Waals surface area contributed by atoms with Gasteiger partial charge in [-0.3, -0.25) is 0 Å². The molecule has 2 aromatic rings. The fraction of sp³-hybridized carbons (Fsp3) is 0.417. The number of aryl methyl sites for hydroxylation is 1. The lowest BCUT2D eigenvalue weighted by Gasteiger charge is -2.14. The summed E-state index contributed by atoms with van der Waals surface area (Å²) < 4.78 is 0. The van der Waals surface area contributed by atoms with Gasteiger partial charge in [-0.25, -0.2) is 4.98 Å². The van der Waals surface area contributed by atoms with Crippen LogP contribution in [0.1, 0.15) is 23.9 Å². The average Bonchev–Trinajstić information content (AvgIpc) is 2.64. The molecule has 0 aliphatic carbocycles. The summed E-state index contributed by atoms with van der Waals surface area (Å²) in [6, 6.07) is 6.61. The summed E-state index contributed by atoms with van der Waals surface area (Å²) in [7, 11) is 1.96. The molecule has 0 fully saturated rings. The molecule has 0 amide bonds. The van der Waals surface area contributed by atoms with Gasteiger partial charge in [0.05, 0.1) is 11.0 Å². The summed E-state index contributed by atoms with van der Waals surface area (Å²) in [6.07, 6.45) is 0.927. The smallest absolute Gasteiger partial charge is 0.104 e. The Morgan fingerprint density at radius 2 is 2.31 bits per heavy atom. The maximum absolute atomic E-state index is 5.79. The summed E-state index contributed by atoms with van der Waals surface area (Å²) in [5.74, 6) is 1.61. The van der Waals surface area contributed by atoms with Crippen LogP contribution in [0.2, 0.25) is 0 Å². The third-order valence-corrected chi connectivity index (χ3v) is 2.99. The third-order valence-electron chi connectivity index (χ3n) is 2.77. The van der Waals surface area contributed by atoms with Gasteiger partial charge in [0.2, 0.25) is 0 Å². The maximum Gasteiger partial charge on any atom is 0.104 e. The second kappa shape index (κ2) is 4.85. The number of benzene rings is 1. The number of hydrogen-bond donors (Lipinski definition) is 2. The van der Waals surface area contributed by atoms with E-state index in [4.69, 9.17) is 11.6 Å². The number of imidazole rings is 1. The van der Waals surface area contributed by atoms with Crippen molar-refractivity contribution >= 4 is 22.6 Å². The summed E-state index contributed by atoms with van der Waals surface area (Å²) in [5.41, 5.74) is 3.35. The largest absolute Gasteiger partial charge is 0.342 e. The van der Waals surface area contributed by atoms with Crippen molar-refractivity contribution in [3.63, 3.8) is 0 Å². The summed E-state index contributed by atoms with van der Waals surface area (Å²) in [5, 5.41) is 3.27. The van der Waals surface area contributed by atoms with Gasteiger partial charge in [0.1, 0.15) is 5.82 Å². The highest BCUT2D eigenvalue weighted by molar-refractivity contribution is 6.17. The Labute approximate surface area is 100 Å². The van der Waals surface area contributed by atoms with E-state index in [2.05, 4.69) is 27.4 Å². The van der Waals surface area contributed by atoms with Gasteiger partial charge >= 0.3 is 0 Å². The van der Waals surface area contributed by atoms with Crippen LogP contribution in [0, 0.1) is 6.92 Å². The first kappa shape index (κ1) is 11.4. The quantitative estimate of drug-likeness (QED) is 0.803. The minimum Gasteiger partial charge on any atom is -0.342 e. The number of rotatable bonds is 4. The molecule has 0 aliphatic rings. The Balaban J connectivity index is 2.36. The molecular formula is C12H16ClN3. The number of aromatic nitrogens is 2. The highest BCUT2D eigenvalue weighted by atomic mass is 35.5. The molecule has 3 nitrogen and oxygen atoms in total. The van der Waals surface area contributed by atoms with Gasteiger partial charge in [-0.1, -0.05) is 6.07 Å². The Morgan fingerprint density at radius 1 is 1.50 bits per heavy atom. The molecule has 16 heavy (non-hydrogen) atoms. The lowest BCUT2D eigenvalue weighted by Crippen LogP contribution is -2.16. The van der Waals surface area contributed by atoms with Crippen molar-refractivity contribution in [2.24, 2.45) is 0 Å². The first-order valence-corrected chi connectivity index (χ1v) is 5.97. The van der Waals surface area contributed by atoms with Crippen LogP contribution in [0.3, 0.4) is 0 Å². The second-order valence-electron chi connectivity index (χ2n) is 3.92. The van der Waals surface area contributed by atoms with Crippen LogP contribution in [0.15, 0.2) is 18.2 Å². The van der Waals surface area contributed by atoms with E-state index in [9.17, 15) is 0 Å². The van der Waals surface area contributed by atoms with Gasteiger partial charge in [-0.2, -0.15) is 0 Å². The first-order valence-electron chi connectivity index (χ1n) is 5.44. The summed E-state index contributed by atoms with van der Waals surface area (Å²) in [6.45, 7) is 1.97. The van der Waals surface area contributed by atoms with Crippen LogP contribution in [-0.4, -0.2) is 22.9 Å². The molecule has 2 rings (SSSR count). The van der Waals surface area contributed by atoms with E-state index in [0.29, 0.717) is 11.9 Å². The summed E-state index contributed by atoms with van der Waals surface area (Å²) in [4.78, 5) is 7.63. The number of H-pyrrole nitrogens is 1. The van der Waals surface area contributed by atoms with Crippen molar-refractivity contribution in [3.8, 4) is 0 Å². The minimum atomic E-state index is 0.311. The lowest BCUT2D eigenvalue weighted by molar-refractivity contribution is 0.580. The molecule has 0 aliphatic heterocycles. The molecule has 1 unspecified atom stereocenters. The molecule has 0 bridgehead atoms. The topological polar surface area (TPSA) is 40.7 Å². The van der Waals surface area contributed by atoms with Crippen molar-refractivity contribution in [1.82, 2.24) is 15.3 Å². The van der Waals surface area contributed by atoms with E-state index in [1.165, 1.54) is 5.56 Å². The van der Waals surface area contributed by atoms with Crippen LogP contribution in [0.4, 0.5) is 0 Å². The monoisotopic (exact) mass is 237 g/mol. The van der Waals surface area contributed by atoms with Gasteiger partial charge in [0.25, 0.3) is 0 Å². The van der Waals surface area contributed by atoms with Crippen LogP contribution in [-0.2, 0) is 0 Å². The van der Waals surface area contributed by atoms with Crippen molar-refractivity contribution in [2.45, 2.75) is 19.4 Å². The first-order chi connectivity index (χ1) is 7.74. The van der Waals surface area contributed by atoms with Crippen molar-refractivity contribution in [1.29, 1.82) is 0 Å². The normalized spacial score (nSPS) is 13.2. The van der Waals surface area contributed by atoms with Gasteiger partial charge in [0.15, 0.2) is 0 Å². The molecule has 86 valence electrons. The minimum absolute atomic E-state index is 0.311. The highest BCUT2D eigenvalue weighted by Crippen LogP contribution is 2.21. The van der Waals surface area contributed by atoms with Gasteiger partial charge in [0, 0.05) is 11.9 Å². The van der Waals surface area contributed by atoms with Crippen molar-refractivity contribution in [3.05, 3.63) is 29.6 Å². The number of hydrogen-bond acceptors (Lipinski definition) is 2. The number of aromatic amines is 1. The zero-order chi connectivity index (χ0) is 11.5. The second-order valence-corrected chi connectivity index (χ2v) is 4.30. The number of nitrogens with zero attached hydrogens (tertiary/aromatic N) is 1. The van der Waals surface area contributed by atoms with Gasteiger partial charge < -0.3 is 10.3 Å². The molecule has 2 N–H and O–H groups in total. The molecular weight excluding hydrogens is 222 g/mol. The Kier molecular flexibility index (Phi) is 3.46. The Hall–Kier alpha value is -1.06. The molecule has 0 radical (unpaired) electrons.